The first kappa shape index (κ1) is 8.85. The third kappa shape index (κ3) is 1.50. The summed E-state index contributed by atoms with van der Waals surface area (Å²) in [4.78, 5) is 0. The van der Waals surface area contributed by atoms with E-state index < -0.39 is 0 Å². The molecule has 12 heavy (non-hydrogen) atoms. The average molecular weight is 161 g/mol. The highest BCUT2D eigenvalue weighted by atomic mass is 14.6. The Morgan fingerprint density at radius 1 is 1.50 bits per heavy atom. The fourth-order valence-corrected chi connectivity index (χ4v) is 1.28. The minimum Gasteiger partial charge on any atom is -0.398 e. The summed E-state index contributed by atoms with van der Waals surface area (Å²) in [6.07, 6.45) is 2.85. The van der Waals surface area contributed by atoms with Crippen LogP contribution >= 0.6 is 0 Å². The molecule has 0 fully saturated rings. The van der Waals surface area contributed by atoms with Crippen molar-refractivity contribution in [1.82, 2.24) is 0 Å². The molecule has 0 aliphatic heterocycles. The fourth-order valence-electron chi connectivity index (χ4n) is 1.28. The monoisotopic (exact) mass is 161 g/mol. The van der Waals surface area contributed by atoms with Gasteiger partial charge in [-0.3, -0.25) is 0 Å². The lowest BCUT2D eigenvalue weighted by atomic mass is 10.0. The smallest absolute Gasteiger partial charge is 0.0417 e. The fraction of sp³-hybridized carbons (Fsp3) is 0.273. The van der Waals surface area contributed by atoms with Gasteiger partial charge >= 0.3 is 0 Å². The van der Waals surface area contributed by atoms with E-state index in [1.807, 2.05) is 13.0 Å². The number of anilines is 1. The Hall–Kier alpha value is -1.24. The second-order valence-electron chi connectivity index (χ2n) is 2.97. The third-order valence-electron chi connectivity index (χ3n) is 2.11. The molecule has 1 aromatic rings. The summed E-state index contributed by atoms with van der Waals surface area (Å²) in [6.45, 7) is 7.89. The second-order valence-corrected chi connectivity index (χ2v) is 2.97. The van der Waals surface area contributed by atoms with Crippen LogP contribution in [0.15, 0.2) is 18.7 Å². The molecule has 0 unspecified atom stereocenters. The Balaban J connectivity index is 3.28. The normalized spacial score (nSPS) is 9.83. The van der Waals surface area contributed by atoms with Crippen molar-refractivity contribution in [2.75, 3.05) is 5.73 Å². The zero-order valence-corrected chi connectivity index (χ0v) is 7.72. The van der Waals surface area contributed by atoms with Crippen molar-refractivity contribution in [1.29, 1.82) is 0 Å². The van der Waals surface area contributed by atoms with Crippen molar-refractivity contribution in [3.8, 4) is 0 Å². The van der Waals surface area contributed by atoms with E-state index in [1.54, 1.807) is 0 Å². The number of nitrogen functional groups attached to an aromatic ring is 1. The Bertz CT molecular complexity index is 300. The molecular weight excluding hydrogens is 146 g/mol. The number of rotatable bonds is 2. The van der Waals surface area contributed by atoms with Gasteiger partial charge in [0.2, 0.25) is 0 Å². The molecule has 0 radical (unpaired) electrons. The number of aryl methyl sites for hydroxylation is 2. The molecule has 1 rings (SSSR count). The van der Waals surface area contributed by atoms with Crippen LogP contribution < -0.4 is 5.73 Å². The van der Waals surface area contributed by atoms with Crippen molar-refractivity contribution in [3.63, 3.8) is 0 Å². The quantitative estimate of drug-likeness (QED) is 0.663. The van der Waals surface area contributed by atoms with Gasteiger partial charge in [-0.15, -0.1) is 0 Å². The Kier molecular flexibility index (Phi) is 2.54. The van der Waals surface area contributed by atoms with Gasteiger partial charge in [-0.1, -0.05) is 25.6 Å². The molecule has 64 valence electrons. The molecule has 1 heteroatoms. The lowest BCUT2D eigenvalue weighted by Crippen LogP contribution is -1.95. The van der Waals surface area contributed by atoms with Crippen LogP contribution in [-0.2, 0) is 6.42 Å². The first-order chi connectivity index (χ1) is 5.69. The number of hydrogen-bond donors (Lipinski definition) is 1. The molecule has 0 aliphatic carbocycles. The molecule has 0 heterocycles. The van der Waals surface area contributed by atoms with Crippen LogP contribution in [0, 0.1) is 6.92 Å². The summed E-state index contributed by atoms with van der Waals surface area (Å²) in [5.74, 6) is 0. The maximum Gasteiger partial charge on any atom is 0.0417 e. The van der Waals surface area contributed by atoms with Gasteiger partial charge in [-0.2, -0.15) is 0 Å². The average Bonchev–Trinajstić information content (AvgIpc) is 2.09. The predicted molar refractivity (Wildman–Crippen MR) is 55.1 cm³/mol. The summed E-state index contributed by atoms with van der Waals surface area (Å²) < 4.78 is 0. The van der Waals surface area contributed by atoms with E-state index >= 15 is 0 Å². The zero-order chi connectivity index (χ0) is 9.14. The van der Waals surface area contributed by atoms with Crippen molar-refractivity contribution in [2.24, 2.45) is 0 Å². The van der Waals surface area contributed by atoms with E-state index in [0.717, 1.165) is 23.2 Å². The minimum atomic E-state index is 0.849. The van der Waals surface area contributed by atoms with E-state index in [-0.39, 0.29) is 0 Å². The molecular formula is C11H15N. The molecule has 1 aromatic carbocycles. The SMILES string of the molecule is C=Cc1cc(CC)cc(C)c1N. The highest BCUT2D eigenvalue weighted by Gasteiger charge is 2.00. The van der Waals surface area contributed by atoms with Crippen LogP contribution in [0.5, 0.6) is 0 Å². The lowest BCUT2D eigenvalue weighted by Gasteiger charge is -2.07. The highest BCUT2D eigenvalue weighted by molar-refractivity contribution is 5.67. The zero-order valence-electron chi connectivity index (χ0n) is 7.72. The van der Waals surface area contributed by atoms with Gasteiger partial charge in [-0.25, -0.2) is 0 Å². The van der Waals surface area contributed by atoms with Gasteiger partial charge in [0.05, 0.1) is 0 Å². The van der Waals surface area contributed by atoms with Crippen LogP contribution in [-0.4, -0.2) is 0 Å². The summed E-state index contributed by atoms with van der Waals surface area (Å²) in [7, 11) is 0. The van der Waals surface area contributed by atoms with E-state index in [0.29, 0.717) is 0 Å². The molecule has 0 amide bonds. The third-order valence-corrected chi connectivity index (χ3v) is 2.11. The van der Waals surface area contributed by atoms with Crippen LogP contribution in [0.3, 0.4) is 0 Å². The van der Waals surface area contributed by atoms with E-state index in [2.05, 4.69) is 25.6 Å². The van der Waals surface area contributed by atoms with Gasteiger partial charge in [0.15, 0.2) is 0 Å². The van der Waals surface area contributed by atoms with Gasteiger partial charge < -0.3 is 5.73 Å². The van der Waals surface area contributed by atoms with E-state index in [1.165, 1.54) is 5.56 Å². The van der Waals surface area contributed by atoms with Crippen LogP contribution in [0.1, 0.15) is 23.6 Å². The van der Waals surface area contributed by atoms with Gasteiger partial charge in [0.25, 0.3) is 0 Å². The van der Waals surface area contributed by atoms with Crippen LogP contribution in [0.2, 0.25) is 0 Å². The number of benzene rings is 1. The molecule has 1 nitrogen and oxygen atoms in total. The highest BCUT2D eigenvalue weighted by Crippen LogP contribution is 2.20. The predicted octanol–water partition coefficient (Wildman–Crippen LogP) is 2.78. The van der Waals surface area contributed by atoms with Crippen molar-refractivity contribution in [3.05, 3.63) is 35.4 Å². The topological polar surface area (TPSA) is 26.0 Å². The Labute approximate surface area is 73.9 Å². The molecule has 0 bridgehead atoms. The molecule has 0 spiro atoms. The second kappa shape index (κ2) is 3.44. The summed E-state index contributed by atoms with van der Waals surface area (Å²) in [5.41, 5.74) is 10.2. The lowest BCUT2D eigenvalue weighted by molar-refractivity contribution is 1.13. The Morgan fingerprint density at radius 2 is 2.17 bits per heavy atom. The maximum absolute atomic E-state index is 5.85. The summed E-state index contributed by atoms with van der Waals surface area (Å²) in [5, 5.41) is 0. The first-order valence-corrected chi connectivity index (χ1v) is 4.20. The van der Waals surface area contributed by atoms with Crippen LogP contribution in [0.4, 0.5) is 5.69 Å². The largest absolute Gasteiger partial charge is 0.398 e. The van der Waals surface area contributed by atoms with Crippen molar-refractivity contribution in [2.45, 2.75) is 20.3 Å². The van der Waals surface area contributed by atoms with Crippen molar-refractivity contribution >= 4 is 11.8 Å². The molecule has 2 N–H and O–H groups in total. The summed E-state index contributed by atoms with van der Waals surface area (Å²) in [6, 6.07) is 4.22. The van der Waals surface area contributed by atoms with E-state index in [9.17, 15) is 0 Å². The summed E-state index contributed by atoms with van der Waals surface area (Å²) >= 11 is 0. The first-order valence-electron chi connectivity index (χ1n) is 4.20. The number of nitrogens with two attached hydrogens (primary N) is 1. The van der Waals surface area contributed by atoms with Gasteiger partial charge in [0, 0.05) is 5.69 Å². The Morgan fingerprint density at radius 3 is 2.67 bits per heavy atom. The number of hydrogen-bond acceptors (Lipinski definition) is 1. The van der Waals surface area contributed by atoms with E-state index in [4.69, 9.17) is 5.73 Å². The molecule has 0 aliphatic rings. The van der Waals surface area contributed by atoms with Crippen LogP contribution in [0.25, 0.3) is 6.08 Å². The van der Waals surface area contributed by atoms with Crippen molar-refractivity contribution < 1.29 is 0 Å². The van der Waals surface area contributed by atoms with Gasteiger partial charge in [-0.05, 0) is 36.1 Å². The standard InChI is InChI=1S/C11H15N/c1-4-9-6-8(3)11(12)10(5-2)7-9/h5-7H,2,4,12H2,1,3H3. The molecule has 0 saturated carbocycles. The molecule has 0 atom stereocenters. The molecule has 0 saturated heterocycles. The van der Waals surface area contributed by atoms with Gasteiger partial charge in [0.1, 0.15) is 0 Å². The maximum atomic E-state index is 5.85. The molecule has 0 aromatic heterocycles. The minimum absolute atomic E-state index is 0.849.